The van der Waals surface area contributed by atoms with E-state index in [0.29, 0.717) is 24.3 Å². The fraction of sp³-hybridized carbons (Fsp3) is 0.174. The lowest BCUT2D eigenvalue weighted by molar-refractivity contribution is -0.101. The number of hydrogen-bond acceptors (Lipinski definition) is 6. The Bertz CT molecular complexity index is 1000. The van der Waals surface area contributed by atoms with Gasteiger partial charge in [-0.3, -0.25) is 14.4 Å². The van der Waals surface area contributed by atoms with Crippen LogP contribution in [0.3, 0.4) is 0 Å². The van der Waals surface area contributed by atoms with Crippen LogP contribution >= 0.6 is 0 Å². The lowest BCUT2D eigenvalue weighted by Gasteiger charge is -2.18. The third-order valence-corrected chi connectivity index (χ3v) is 4.78. The molecular formula is C23H21N3O4. The SMILES string of the molecule is CN(CCOc1ccc(CON2C(=O)c3ccccc3C2=O)cc1)c1ccccn1. The lowest BCUT2D eigenvalue weighted by atomic mass is 10.1. The molecule has 0 unspecified atom stereocenters. The number of ether oxygens (including phenoxy) is 1. The van der Waals surface area contributed by atoms with Crippen LogP contribution in [-0.4, -0.2) is 42.1 Å². The minimum atomic E-state index is -0.437. The number of likely N-dealkylation sites (N-methyl/N-ethyl adjacent to an activating group) is 1. The number of anilines is 1. The van der Waals surface area contributed by atoms with Gasteiger partial charge in [0, 0.05) is 13.2 Å². The smallest absolute Gasteiger partial charge is 0.285 e. The van der Waals surface area contributed by atoms with Crippen LogP contribution in [0.25, 0.3) is 0 Å². The topological polar surface area (TPSA) is 72.0 Å². The maximum Gasteiger partial charge on any atom is 0.285 e. The number of carbonyl (C=O) groups is 2. The minimum Gasteiger partial charge on any atom is -0.492 e. The molecule has 0 saturated carbocycles. The molecule has 30 heavy (non-hydrogen) atoms. The van der Waals surface area contributed by atoms with Gasteiger partial charge in [-0.1, -0.05) is 30.3 Å². The van der Waals surface area contributed by atoms with Crippen molar-refractivity contribution >= 4 is 17.6 Å². The predicted octanol–water partition coefficient (Wildman–Crippen LogP) is 3.32. The van der Waals surface area contributed by atoms with Gasteiger partial charge in [0.15, 0.2) is 0 Å². The van der Waals surface area contributed by atoms with Crippen molar-refractivity contribution in [3.8, 4) is 5.75 Å². The van der Waals surface area contributed by atoms with E-state index >= 15 is 0 Å². The number of aromatic nitrogens is 1. The maximum atomic E-state index is 12.3. The van der Waals surface area contributed by atoms with Crippen LogP contribution < -0.4 is 9.64 Å². The Labute approximate surface area is 174 Å². The van der Waals surface area contributed by atoms with Crippen molar-refractivity contribution in [2.24, 2.45) is 0 Å². The number of carbonyl (C=O) groups excluding carboxylic acids is 2. The Morgan fingerprint density at radius 2 is 1.57 bits per heavy atom. The predicted molar refractivity (Wildman–Crippen MR) is 111 cm³/mol. The lowest BCUT2D eigenvalue weighted by Crippen LogP contribution is -2.29. The van der Waals surface area contributed by atoms with Crippen molar-refractivity contribution in [3.05, 3.63) is 89.6 Å². The molecule has 152 valence electrons. The molecule has 7 nitrogen and oxygen atoms in total. The first kappa shape index (κ1) is 19.6. The van der Waals surface area contributed by atoms with Gasteiger partial charge in [-0.2, -0.15) is 0 Å². The van der Waals surface area contributed by atoms with Gasteiger partial charge in [0.05, 0.1) is 17.7 Å². The van der Waals surface area contributed by atoms with Crippen LogP contribution in [0, 0.1) is 0 Å². The molecule has 0 spiro atoms. The van der Waals surface area contributed by atoms with E-state index in [2.05, 4.69) is 4.98 Å². The monoisotopic (exact) mass is 403 g/mol. The van der Waals surface area contributed by atoms with E-state index < -0.39 is 11.8 Å². The number of nitrogens with zero attached hydrogens (tertiary/aromatic N) is 3. The second-order valence-electron chi connectivity index (χ2n) is 6.83. The van der Waals surface area contributed by atoms with Crippen molar-refractivity contribution in [2.75, 3.05) is 25.1 Å². The summed E-state index contributed by atoms with van der Waals surface area (Å²) in [6, 6.07) is 19.8. The van der Waals surface area contributed by atoms with Gasteiger partial charge in [-0.25, -0.2) is 4.98 Å². The van der Waals surface area contributed by atoms with E-state index in [0.717, 1.165) is 22.2 Å². The molecule has 1 aliphatic heterocycles. The van der Waals surface area contributed by atoms with Gasteiger partial charge in [-0.05, 0) is 42.0 Å². The molecule has 0 N–H and O–H groups in total. The molecule has 2 aromatic carbocycles. The highest BCUT2D eigenvalue weighted by atomic mass is 16.7. The highest BCUT2D eigenvalue weighted by Gasteiger charge is 2.36. The van der Waals surface area contributed by atoms with Crippen LogP contribution in [0.5, 0.6) is 5.75 Å². The van der Waals surface area contributed by atoms with E-state index in [1.165, 1.54) is 0 Å². The Morgan fingerprint density at radius 1 is 0.900 bits per heavy atom. The standard InChI is InChI=1S/C23H21N3O4/c1-25(21-8-4-5-13-24-21)14-15-29-18-11-9-17(10-12-18)16-30-26-22(27)19-6-2-3-7-20(19)23(26)28/h2-13H,14-16H2,1H3. The van der Waals surface area contributed by atoms with Gasteiger partial charge in [-0.15, -0.1) is 5.06 Å². The largest absolute Gasteiger partial charge is 0.492 e. The molecule has 0 saturated heterocycles. The normalized spacial score (nSPS) is 12.8. The number of rotatable bonds is 8. The summed E-state index contributed by atoms with van der Waals surface area (Å²) in [4.78, 5) is 36.4. The number of benzene rings is 2. The van der Waals surface area contributed by atoms with Gasteiger partial charge < -0.3 is 9.64 Å². The molecule has 1 aliphatic rings. The molecule has 7 heteroatoms. The molecule has 2 amide bonds. The Kier molecular flexibility index (Phi) is 5.72. The van der Waals surface area contributed by atoms with Crippen molar-refractivity contribution < 1.29 is 19.2 Å². The fourth-order valence-electron chi connectivity index (χ4n) is 3.10. The average Bonchev–Trinajstić information content (AvgIpc) is 3.04. The summed E-state index contributed by atoms with van der Waals surface area (Å²) in [6.45, 7) is 1.31. The fourth-order valence-corrected chi connectivity index (χ4v) is 3.10. The first-order chi connectivity index (χ1) is 14.6. The van der Waals surface area contributed by atoms with Gasteiger partial charge in [0.25, 0.3) is 11.8 Å². The first-order valence-electron chi connectivity index (χ1n) is 9.58. The van der Waals surface area contributed by atoms with E-state index in [-0.39, 0.29) is 6.61 Å². The van der Waals surface area contributed by atoms with E-state index in [1.54, 1.807) is 30.5 Å². The van der Waals surface area contributed by atoms with E-state index in [9.17, 15) is 9.59 Å². The molecule has 4 rings (SSSR count). The number of hydroxylamine groups is 2. The number of hydrogen-bond donors (Lipinski definition) is 0. The molecule has 0 fully saturated rings. The molecule has 0 aliphatic carbocycles. The summed E-state index contributed by atoms with van der Waals surface area (Å²) in [7, 11) is 1.96. The molecule has 0 radical (unpaired) electrons. The van der Waals surface area contributed by atoms with Crippen molar-refractivity contribution in [3.63, 3.8) is 0 Å². The summed E-state index contributed by atoms with van der Waals surface area (Å²) in [5.41, 5.74) is 1.55. The molecule has 2 heterocycles. The third kappa shape index (κ3) is 4.16. The number of imide groups is 1. The zero-order chi connectivity index (χ0) is 20.9. The van der Waals surface area contributed by atoms with Crippen LogP contribution in [0.4, 0.5) is 5.82 Å². The van der Waals surface area contributed by atoms with Gasteiger partial charge in [0.2, 0.25) is 0 Å². The molecule has 3 aromatic rings. The van der Waals surface area contributed by atoms with Gasteiger partial charge in [0.1, 0.15) is 24.8 Å². The average molecular weight is 403 g/mol. The number of pyridine rings is 1. The molecule has 0 bridgehead atoms. The highest BCUT2D eigenvalue weighted by Crippen LogP contribution is 2.23. The highest BCUT2D eigenvalue weighted by molar-refractivity contribution is 6.20. The molecule has 1 aromatic heterocycles. The number of fused-ring (bicyclic) bond motifs is 1. The van der Waals surface area contributed by atoms with Crippen LogP contribution in [-0.2, 0) is 11.4 Å². The van der Waals surface area contributed by atoms with Crippen molar-refractivity contribution in [2.45, 2.75) is 6.61 Å². The zero-order valence-corrected chi connectivity index (χ0v) is 16.5. The quantitative estimate of drug-likeness (QED) is 0.538. The Balaban J connectivity index is 1.26. The van der Waals surface area contributed by atoms with Crippen LogP contribution in [0.1, 0.15) is 26.3 Å². The van der Waals surface area contributed by atoms with Crippen molar-refractivity contribution in [1.29, 1.82) is 0 Å². The van der Waals surface area contributed by atoms with E-state index in [1.807, 2.05) is 54.4 Å². The van der Waals surface area contributed by atoms with Crippen LogP contribution in [0.2, 0.25) is 0 Å². The second-order valence-corrected chi connectivity index (χ2v) is 6.83. The first-order valence-corrected chi connectivity index (χ1v) is 9.58. The zero-order valence-electron chi connectivity index (χ0n) is 16.5. The molecule has 0 atom stereocenters. The maximum absolute atomic E-state index is 12.3. The summed E-state index contributed by atoms with van der Waals surface area (Å²) in [6.07, 6.45) is 1.76. The number of amides is 2. The van der Waals surface area contributed by atoms with Gasteiger partial charge >= 0.3 is 0 Å². The summed E-state index contributed by atoms with van der Waals surface area (Å²) in [5, 5.41) is 0.822. The van der Waals surface area contributed by atoms with Crippen molar-refractivity contribution in [1.82, 2.24) is 10.0 Å². The van der Waals surface area contributed by atoms with Crippen LogP contribution in [0.15, 0.2) is 72.9 Å². The summed E-state index contributed by atoms with van der Waals surface area (Å²) in [5.74, 6) is 0.746. The minimum absolute atomic E-state index is 0.105. The summed E-state index contributed by atoms with van der Waals surface area (Å²) < 4.78 is 5.78. The Morgan fingerprint density at radius 3 is 2.20 bits per heavy atom. The Hall–Kier alpha value is -3.71. The van der Waals surface area contributed by atoms with E-state index in [4.69, 9.17) is 9.57 Å². The third-order valence-electron chi connectivity index (χ3n) is 4.78. The summed E-state index contributed by atoms with van der Waals surface area (Å²) >= 11 is 0. The second kappa shape index (κ2) is 8.75. The molecular weight excluding hydrogens is 382 g/mol.